The van der Waals surface area contributed by atoms with Crippen molar-refractivity contribution in [1.29, 1.82) is 0 Å². The Morgan fingerprint density at radius 3 is 2.68 bits per heavy atom. The van der Waals surface area contributed by atoms with Crippen molar-refractivity contribution in [3.63, 3.8) is 0 Å². The summed E-state index contributed by atoms with van der Waals surface area (Å²) in [5.41, 5.74) is 8.53. The highest BCUT2D eigenvalue weighted by atomic mass is 15.1. The molecule has 0 amide bonds. The van der Waals surface area contributed by atoms with Gasteiger partial charge in [-0.1, -0.05) is 24.3 Å². The summed E-state index contributed by atoms with van der Waals surface area (Å²) in [4.78, 5) is 2.57. The lowest BCUT2D eigenvalue weighted by Gasteiger charge is -2.28. The lowest BCUT2D eigenvalue weighted by atomic mass is 10.00. The van der Waals surface area contributed by atoms with Crippen LogP contribution in [0.2, 0.25) is 0 Å². The molecule has 0 bridgehead atoms. The Kier molecular flexibility index (Phi) is 6.34. The van der Waals surface area contributed by atoms with Gasteiger partial charge in [0.1, 0.15) is 0 Å². The van der Waals surface area contributed by atoms with Crippen LogP contribution in [0.4, 0.5) is 0 Å². The van der Waals surface area contributed by atoms with Crippen molar-refractivity contribution < 1.29 is 0 Å². The van der Waals surface area contributed by atoms with E-state index in [2.05, 4.69) is 34.5 Å². The number of nitrogens with two attached hydrogens (primary N) is 1. The van der Waals surface area contributed by atoms with Gasteiger partial charge in [0, 0.05) is 13.1 Å². The molecule has 3 heteroatoms. The van der Waals surface area contributed by atoms with Crippen LogP contribution in [0.3, 0.4) is 0 Å². The summed E-state index contributed by atoms with van der Waals surface area (Å²) in [7, 11) is 0. The Labute approximate surface area is 117 Å². The van der Waals surface area contributed by atoms with Crippen molar-refractivity contribution in [2.75, 3.05) is 32.7 Å². The van der Waals surface area contributed by atoms with Gasteiger partial charge in [0.15, 0.2) is 0 Å². The first-order valence-corrected chi connectivity index (χ1v) is 7.60. The molecule has 106 valence electrons. The first kappa shape index (κ1) is 14.5. The van der Waals surface area contributed by atoms with Gasteiger partial charge in [-0.05, 0) is 63.0 Å². The number of benzene rings is 1. The van der Waals surface area contributed by atoms with E-state index in [1.807, 2.05) is 0 Å². The van der Waals surface area contributed by atoms with Gasteiger partial charge in [0.2, 0.25) is 0 Å². The van der Waals surface area contributed by atoms with Crippen LogP contribution in [0, 0.1) is 0 Å². The quantitative estimate of drug-likeness (QED) is 0.701. The summed E-state index contributed by atoms with van der Waals surface area (Å²) in [5, 5.41) is 3.50. The molecular formula is C16H27N3. The Bertz CT molecular complexity index is 365. The molecule has 3 N–H and O–H groups in total. The van der Waals surface area contributed by atoms with Crippen LogP contribution in [0.5, 0.6) is 0 Å². The largest absolute Gasteiger partial charge is 0.330 e. The molecule has 1 aliphatic rings. The highest BCUT2D eigenvalue weighted by Gasteiger charge is 2.14. The standard InChI is InChI=1S/C16H27N3/c17-9-3-4-10-18-11-5-12-19-13-8-15-6-1-2-7-16(15)14-19/h1-2,6-7,18H,3-5,8-14,17H2. The fourth-order valence-electron chi connectivity index (χ4n) is 2.69. The predicted molar refractivity (Wildman–Crippen MR) is 81.2 cm³/mol. The van der Waals surface area contributed by atoms with Crippen LogP contribution in [-0.2, 0) is 13.0 Å². The van der Waals surface area contributed by atoms with Gasteiger partial charge >= 0.3 is 0 Å². The number of rotatable bonds is 8. The van der Waals surface area contributed by atoms with E-state index in [9.17, 15) is 0 Å². The fraction of sp³-hybridized carbons (Fsp3) is 0.625. The minimum atomic E-state index is 0.814. The summed E-state index contributed by atoms with van der Waals surface area (Å²) in [6.07, 6.45) is 4.79. The molecule has 1 heterocycles. The molecule has 0 unspecified atom stereocenters. The molecule has 0 saturated heterocycles. The molecule has 0 fully saturated rings. The number of hydrogen-bond donors (Lipinski definition) is 2. The van der Waals surface area contributed by atoms with Crippen LogP contribution in [0.25, 0.3) is 0 Å². The highest BCUT2D eigenvalue weighted by Crippen LogP contribution is 2.18. The molecule has 0 aromatic heterocycles. The van der Waals surface area contributed by atoms with E-state index >= 15 is 0 Å². The molecule has 3 nitrogen and oxygen atoms in total. The van der Waals surface area contributed by atoms with E-state index in [1.165, 1.54) is 37.9 Å². The van der Waals surface area contributed by atoms with Gasteiger partial charge in [-0.15, -0.1) is 0 Å². The molecule has 2 rings (SSSR count). The SMILES string of the molecule is NCCCCNCCCN1CCc2ccccc2C1. The molecule has 0 saturated carbocycles. The third-order valence-corrected chi connectivity index (χ3v) is 3.85. The minimum Gasteiger partial charge on any atom is -0.330 e. The summed E-state index contributed by atoms with van der Waals surface area (Å²) in [6, 6.07) is 8.85. The third kappa shape index (κ3) is 4.94. The topological polar surface area (TPSA) is 41.3 Å². The maximum Gasteiger partial charge on any atom is 0.0236 e. The van der Waals surface area contributed by atoms with E-state index in [-0.39, 0.29) is 0 Å². The van der Waals surface area contributed by atoms with Crippen molar-refractivity contribution in [3.8, 4) is 0 Å². The van der Waals surface area contributed by atoms with Gasteiger partial charge in [0.05, 0.1) is 0 Å². The van der Waals surface area contributed by atoms with Crippen molar-refractivity contribution in [2.24, 2.45) is 5.73 Å². The van der Waals surface area contributed by atoms with E-state index in [0.717, 1.165) is 32.6 Å². The highest BCUT2D eigenvalue weighted by molar-refractivity contribution is 5.28. The van der Waals surface area contributed by atoms with E-state index in [1.54, 1.807) is 5.56 Å². The molecule has 1 aromatic carbocycles. The second kappa shape index (κ2) is 8.31. The Hall–Kier alpha value is -0.900. The summed E-state index contributed by atoms with van der Waals surface area (Å²) in [6.45, 7) is 6.60. The van der Waals surface area contributed by atoms with E-state index in [0.29, 0.717) is 0 Å². The van der Waals surface area contributed by atoms with Crippen molar-refractivity contribution in [3.05, 3.63) is 35.4 Å². The zero-order chi connectivity index (χ0) is 13.3. The molecule has 0 atom stereocenters. The minimum absolute atomic E-state index is 0.814. The average molecular weight is 261 g/mol. The molecule has 0 aliphatic carbocycles. The maximum absolute atomic E-state index is 5.47. The Balaban J connectivity index is 1.58. The molecule has 1 aliphatic heterocycles. The van der Waals surface area contributed by atoms with Crippen LogP contribution >= 0.6 is 0 Å². The van der Waals surface area contributed by atoms with Crippen LogP contribution in [0.15, 0.2) is 24.3 Å². The Morgan fingerprint density at radius 2 is 1.84 bits per heavy atom. The number of unbranched alkanes of at least 4 members (excludes halogenated alkanes) is 1. The molecule has 1 aromatic rings. The van der Waals surface area contributed by atoms with E-state index in [4.69, 9.17) is 5.73 Å². The van der Waals surface area contributed by atoms with Crippen molar-refractivity contribution >= 4 is 0 Å². The average Bonchev–Trinajstić information content (AvgIpc) is 2.46. The maximum atomic E-state index is 5.47. The first-order chi connectivity index (χ1) is 9.40. The third-order valence-electron chi connectivity index (χ3n) is 3.85. The molecule has 19 heavy (non-hydrogen) atoms. The normalized spacial score (nSPS) is 15.4. The van der Waals surface area contributed by atoms with Gasteiger partial charge in [0.25, 0.3) is 0 Å². The Morgan fingerprint density at radius 1 is 1.05 bits per heavy atom. The van der Waals surface area contributed by atoms with Gasteiger partial charge in [-0.25, -0.2) is 0 Å². The van der Waals surface area contributed by atoms with Crippen molar-refractivity contribution in [1.82, 2.24) is 10.2 Å². The fourth-order valence-corrected chi connectivity index (χ4v) is 2.69. The smallest absolute Gasteiger partial charge is 0.0236 e. The lowest BCUT2D eigenvalue weighted by Crippen LogP contribution is -2.32. The predicted octanol–water partition coefficient (Wildman–Crippen LogP) is 1.76. The summed E-state index contributed by atoms with van der Waals surface area (Å²) < 4.78 is 0. The zero-order valence-corrected chi connectivity index (χ0v) is 11.9. The van der Waals surface area contributed by atoms with E-state index < -0.39 is 0 Å². The molecule has 0 spiro atoms. The second-order valence-corrected chi connectivity index (χ2v) is 5.39. The number of nitrogens with one attached hydrogen (secondary N) is 1. The second-order valence-electron chi connectivity index (χ2n) is 5.39. The summed E-state index contributed by atoms with van der Waals surface area (Å²) in [5.74, 6) is 0. The summed E-state index contributed by atoms with van der Waals surface area (Å²) >= 11 is 0. The number of nitrogens with zero attached hydrogens (tertiary/aromatic N) is 1. The zero-order valence-electron chi connectivity index (χ0n) is 11.9. The van der Waals surface area contributed by atoms with Crippen molar-refractivity contribution in [2.45, 2.75) is 32.2 Å². The van der Waals surface area contributed by atoms with Crippen LogP contribution in [0.1, 0.15) is 30.4 Å². The van der Waals surface area contributed by atoms with Crippen LogP contribution < -0.4 is 11.1 Å². The first-order valence-electron chi connectivity index (χ1n) is 7.60. The number of hydrogen-bond acceptors (Lipinski definition) is 3. The van der Waals surface area contributed by atoms with Crippen LogP contribution in [-0.4, -0.2) is 37.6 Å². The monoisotopic (exact) mass is 261 g/mol. The number of fused-ring (bicyclic) bond motifs is 1. The van der Waals surface area contributed by atoms with Gasteiger partial charge in [-0.2, -0.15) is 0 Å². The lowest BCUT2D eigenvalue weighted by molar-refractivity contribution is 0.250. The molecular weight excluding hydrogens is 234 g/mol. The van der Waals surface area contributed by atoms with Gasteiger partial charge in [-0.3, -0.25) is 4.90 Å². The van der Waals surface area contributed by atoms with Gasteiger partial charge < -0.3 is 11.1 Å². The molecule has 0 radical (unpaired) electrons.